The quantitative estimate of drug-likeness (QED) is 0.807. The molecule has 3 N–H and O–H groups in total. The molecule has 0 radical (unpaired) electrons. The molecule has 5 nitrogen and oxygen atoms in total. The standard InChI is InChI=1S/C14H15ClN2O3/c1-7(18)5-16-13-9-3-4-11(15)8(2)12(9)17-6-10(13)14(19)20/h3-4,6-7,18H,5H2,1-2H3,(H,16,17)(H,19,20). The zero-order valence-electron chi connectivity index (χ0n) is 11.1. The first-order valence-electron chi connectivity index (χ1n) is 6.15. The first kappa shape index (κ1) is 14.6. The van der Waals surface area contributed by atoms with Crippen LogP contribution in [0, 0.1) is 6.92 Å². The second-order valence-corrected chi connectivity index (χ2v) is 5.06. The van der Waals surface area contributed by atoms with Gasteiger partial charge in [-0.15, -0.1) is 0 Å². The van der Waals surface area contributed by atoms with Gasteiger partial charge in [-0.2, -0.15) is 0 Å². The number of nitrogens with zero attached hydrogens (tertiary/aromatic N) is 1. The smallest absolute Gasteiger partial charge is 0.339 e. The van der Waals surface area contributed by atoms with Crippen molar-refractivity contribution in [2.45, 2.75) is 20.0 Å². The largest absolute Gasteiger partial charge is 0.478 e. The molecule has 2 rings (SSSR count). The zero-order chi connectivity index (χ0) is 14.9. The van der Waals surface area contributed by atoms with Crippen molar-refractivity contribution in [2.24, 2.45) is 0 Å². The van der Waals surface area contributed by atoms with E-state index >= 15 is 0 Å². The van der Waals surface area contributed by atoms with Gasteiger partial charge in [-0.1, -0.05) is 11.6 Å². The number of carbonyl (C=O) groups is 1. The van der Waals surface area contributed by atoms with Crippen LogP contribution in [0.5, 0.6) is 0 Å². The minimum atomic E-state index is -1.07. The summed E-state index contributed by atoms with van der Waals surface area (Å²) >= 11 is 6.05. The van der Waals surface area contributed by atoms with Gasteiger partial charge in [0.05, 0.1) is 17.3 Å². The van der Waals surface area contributed by atoms with Crippen LogP contribution in [0.15, 0.2) is 18.3 Å². The van der Waals surface area contributed by atoms with Crippen molar-refractivity contribution in [3.05, 3.63) is 34.5 Å². The molecule has 0 fully saturated rings. The Balaban J connectivity index is 2.67. The van der Waals surface area contributed by atoms with Crippen molar-refractivity contribution >= 4 is 34.2 Å². The number of aliphatic hydroxyl groups excluding tert-OH is 1. The van der Waals surface area contributed by atoms with E-state index in [1.807, 2.05) is 6.92 Å². The lowest BCUT2D eigenvalue weighted by Gasteiger charge is -2.15. The molecule has 0 amide bonds. The number of hydrogen-bond donors (Lipinski definition) is 3. The average Bonchev–Trinajstić information content (AvgIpc) is 2.39. The minimum absolute atomic E-state index is 0.0693. The van der Waals surface area contributed by atoms with Crippen molar-refractivity contribution in [3.8, 4) is 0 Å². The highest BCUT2D eigenvalue weighted by atomic mass is 35.5. The highest BCUT2D eigenvalue weighted by Crippen LogP contribution is 2.31. The third-order valence-corrected chi connectivity index (χ3v) is 3.44. The first-order valence-corrected chi connectivity index (χ1v) is 6.52. The van der Waals surface area contributed by atoms with Crippen LogP contribution in [0.4, 0.5) is 5.69 Å². The molecule has 1 unspecified atom stereocenters. The molecule has 0 bridgehead atoms. The van der Waals surface area contributed by atoms with Gasteiger partial charge < -0.3 is 15.5 Å². The molecule has 0 aliphatic rings. The fourth-order valence-corrected chi connectivity index (χ4v) is 2.14. The van der Waals surface area contributed by atoms with Crippen LogP contribution in [0.1, 0.15) is 22.8 Å². The minimum Gasteiger partial charge on any atom is -0.478 e. The Bertz CT molecular complexity index is 671. The Morgan fingerprint density at radius 1 is 1.50 bits per heavy atom. The Hall–Kier alpha value is -1.85. The highest BCUT2D eigenvalue weighted by molar-refractivity contribution is 6.32. The van der Waals surface area contributed by atoms with Gasteiger partial charge >= 0.3 is 5.97 Å². The number of fused-ring (bicyclic) bond motifs is 1. The second kappa shape index (κ2) is 5.64. The predicted molar refractivity (Wildman–Crippen MR) is 78.6 cm³/mol. The maximum absolute atomic E-state index is 11.3. The molecular formula is C14H15ClN2O3. The van der Waals surface area contributed by atoms with Crippen LogP contribution in [0.3, 0.4) is 0 Å². The number of aliphatic hydroxyl groups is 1. The highest BCUT2D eigenvalue weighted by Gasteiger charge is 2.16. The second-order valence-electron chi connectivity index (χ2n) is 4.65. The van der Waals surface area contributed by atoms with E-state index in [0.29, 0.717) is 21.6 Å². The molecule has 0 saturated carbocycles. The van der Waals surface area contributed by atoms with E-state index in [9.17, 15) is 15.0 Å². The van der Waals surface area contributed by atoms with E-state index < -0.39 is 12.1 Å². The molecule has 0 saturated heterocycles. The number of aromatic nitrogens is 1. The van der Waals surface area contributed by atoms with E-state index in [1.165, 1.54) is 6.20 Å². The lowest BCUT2D eigenvalue weighted by atomic mass is 10.1. The summed E-state index contributed by atoms with van der Waals surface area (Å²) in [5.74, 6) is -1.07. The van der Waals surface area contributed by atoms with Crippen LogP contribution < -0.4 is 5.32 Å². The number of carboxylic acid groups (broad SMARTS) is 1. The summed E-state index contributed by atoms with van der Waals surface area (Å²) in [6.45, 7) is 3.70. The SMILES string of the molecule is Cc1c(Cl)ccc2c(NCC(C)O)c(C(=O)O)cnc12. The molecular weight excluding hydrogens is 280 g/mol. The summed E-state index contributed by atoms with van der Waals surface area (Å²) in [6.07, 6.45) is 0.714. The van der Waals surface area contributed by atoms with Gasteiger partial charge in [0, 0.05) is 23.2 Å². The molecule has 1 heterocycles. The summed E-state index contributed by atoms with van der Waals surface area (Å²) in [7, 11) is 0. The molecule has 1 atom stereocenters. The molecule has 6 heteroatoms. The molecule has 1 aromatic carbocycles. The fourth-order valence-electron chi connectivity index (χ4n) is 1.98. The lowest BCUT2D eigenvalue weighted by molar-refractivity contribution is 0.0697. The molecule has 2 aromatic rings. The van der Waals surface area contributed by atoms with Gasteiger partial charge in [0.15, 0.2) is 0 Å². The zero-order valence-corrected chi connectivity index (χ0v) is 11.9. The Morgan fingerprint density at radius 3 is 2.80 bits per heavy atom. The van der Waals surface area contributed by atoms with Crippen molar-refractivity contribution in [3.63, 3.8) is 0 Å². The number of anilines is 1. The fraction of sp³-hybridized carbons (Fsp3) is 0.286. The topological polar surface area (TPSA) is 82.5 Å². The van der Waals surface area contributed by atoms with Crippen LogP contribution in [0.25, 0.3) is 10.9 Å². The number of nitrogens with one attached hydrogen (secondary N) is 1. The molecule has 1 aromatic heterocycles. The van der Waals surface area contributed by atoms with Crippen molar-refractivity contribution in [2.75, 3.05) is 11.9 Å². The number of carboxylic acids is 1. The molecule has 0 spiro atoms. The maximum Gasteiger partial charge on any atom is 0.339 e. The normalized spacial score (nSPS) is 12.4. The summed E-state index contributed by atoms with van der Waals surface area (Å²) < 4.78 is 0. The third-order valence-electron chi connectivity index (χ3n) is 3.03. The number of pyridine rings is 1. The van der Waals surface area contributed by atoms with Gasteiger partial charge in [0.2, 0.25) is 0 Å². The predicted octanol–water partition coefficient (Wildman–Crippen LogP) is 2.69. The number of rotatable bonds is 4. The Labute approximate surface area is 121 Å². The van der Waals surface area contributed by atoms with Gasteiger partial charge in [-0.25, -0.2) is 4.79 Å². The van der Waals surface area contributed by atoms with Gasteiger partial charge in [0.25, 0.3) is 0 Å². The molecule has 0 aliphatic carbocycles. The van der Waals surface area contributed by atoms with Gasteiger partial charge in [0.1, 0.15) is 5.56 Å². The number of hydrogen-bond acceptors (Lipinski definition) is 4. The van der Waals surface area contributed by atoms with Crippen molar-refractivity contribution in [1.29, 1.82) is 0 Å². The van der Waals surface area contributed by atoms with E-state index in [1.54, 1.807) is 19.1 Å². The molecule has 106 valence electrons. The summed E-state index contributed by atoms with van der Waals surface area (Å²) in [4.78, 5) is 15.5. The number of benzene rings is 1. The summed E-state index contributed by atoms with van der Waals surface area (Å²) in [6, 6.07) is 3.44. The molecule has 0 aliphatic heterocycles. The first-order chi connectivity index (χ1) is 9.41. The van der Waals surface area contributed by atoms with E-state index in [4.69, 9.17) is 11.6 Å². The lowest BCUT2D eigenvalue weighted by Crippen LogP contribution is -2.17. The number of aryl methyl sites for hydroxylation is 1. The number of halogens is 1. The summed E-state index contributed by atoms with van der Waals surface area (Å²) in [5, 5.41) is 22.8. The van der Waals surface area contributed by atoms with Gasteiger partial charge in [-0.05, 0) is 31.5 Å². The van der Waals surface area contributed by atoms with E-state index in [-0.39, 0.29) is 12.1 Å². The van der Waals surface area contributed by atoms with Crippen LogP contribution in [-0.2, 0) is 0 Å². The number of aromatic carboxylic acids is 1. The van der Waals surface area contributed by atoms with Crippen molar-refractivity contribution < 1.29 is 15.0 Å². The molecule has 20 heavy (non-hydrogen) atoms. The van der Waals surface area contributed by atoms with Crippen LogP contribution in [0.2, 0.25) is 5.02 Å². The summed E-state index contributed by atoms with van der Waals surface area (Å²) in [5.41, 5.74) is 1.96. The van der Waals surface area contributed by atoms with Gasteiger partial charge in [-0.3, -0.25) is 4.98 Å². The Kier molecular flexibility index (Phi) is 4.11. The monoisotopic (exact) mass is 294 g/mol. The maximum atomic E-state index is 11.3. The van der Waals surface area contributed by atoms with E-state index in [0.717, 1.165) is 5.56 Å². The van der Waals surface area contributed by atoms with Crippen molar-refractivity contribution in [1.82, 2.24) is 4.98 Å². The third kappa shape index (κ3) is 2.69. The Morgan fingerprint density at radius 2 is 2.20 bits per heavy atom. The average molecular weight is 295 g/mol. The van der Waals surface area contributed by atoms with Crippen LogP contribution >= 0.6 is 11.6 Å². The van der Waals surface area contributed by atoms with E-state index in [2.05, 4.69) is 10.3 Å². The van der Waals surface area contributed by atoms with Crippen LogP contribution in [-0.4, -0.2) is 33.8 Å².